The molecule has 0 aliphatic rings. The number of fused-ring (bicyclic) bond motifs is 1. The molecule has 1 aromatic heterocycles. The van der Waals surface area contributed by atoms with E-state index < -0.39 is 0 Å². The van der Waals surface area contributed by atoms with Gasteiger partial charge in [0, 0.05) is 17.1 Å². The highest BCUT2D eigenvalue weighted by molar-refractivity contribution is 6.31. The van der Waals surface area contributed by atoms with Crippen LogP contribution in [0.5, 0.6) is 5.75 Å². The number of hydrogen-bond donors (Lipinski definition) is 1. The van der Waals surface area contributed by atoms with Crippen LogP contribution in [0.15, 0.2) is 36.4 Å². The number of rotatable bonds is 3. The maximum absolute atomic E-state index is 6.09. The maximum Gasteiger partial charge on any atom is 0.141 e. The second kappa shape index (κ2) is 5.30. The van der Waals surface area contributed by atoms with Crippen LogP contribution in [-0.2, 0) is 6.54 Å². The number of hydrogen-bond acceptors (Lipinski definition) is 3. The van der Waals surface area contributed by atoms with Gasteiger partial charge in [-0.25, -0.2) is 4.98 Å². The summed E-state index contributed by atoms with van der Waals surface area (Å²) < 4.78 is 7.32. The Bertz CT molecular complexity index is 811. The molecule has 108 valence electrons. The summed E-state index contributed by atoms with van der Waals surface area (Å²) in [7, 11) is 1.61. The number of nitrogens with zero attached hydrogens (tertiary/aromatic N) is 2. The van der Waals surface area contributed by atoms with Crippen molar-refractivity contribution in [3.8, 4) is 17.1 Å². The monoisotopic (exact) mass is 301 g/mol. The smallest absolute Gasteiger partial charge is 0.141 e. The molecular weight excluding hydrogens is 286 g/mol. The van der Waals surface area contributed by atoms with Crippen LogP contribution in [0.25, 0.3) is 22.4 Å². The molecule has 0 unspecified atom stereocenters. The fourth-order valence-electron chi connectivity index (χ4n) is 2.51. The second-order valence-corrected chi connectivity index (χ2v) is 5.21. The summed E-state index contributed by atoms with van der Waals surface area (Å²) in [6.07, 6.45) is 0. The van der Waals surface area contributed by atoms with Crippen LogP contribution in [0.1, 0.15) is 6.92 Å². The number of nitrogens with two attached hydrogens (primary N) is 1. The number of imidazole rings is 1. The fraction of sp³-hybridized carbons (Fsp3) is 0.188. The number of nitrogen functional groups attached to an aromatic ring is 1. The quantitative estimate of drug-likeness (QED) is 0.745. The number of halogens is 1. The first-order valence-electron chi connectivity index (χ1n) is 6.73. The summed E-state index contributed by atoms with van der Waals surface area (Å²) >= 11 is 6.09. The molecular formula is C16H16ClN3O. The van der Waals surface area contributed by atoms with Gasteiger partial charge in [0.1, 0.15) is 11.6 Å². The predicted octanol–water partition coefficient (Wildman–Crippen LogP) is 3.97. The summed E-state index contributed by atoms with van der Waals surface area (Å²) in [4.78, 5) is 4.70. The van der Waals surface area contributed by atoms with Crippen molar-refractivity contribution in [1.82, 2.24) is 9.55 Å². The summed E-state index contributed by atoms with van der Waals surface area (Å²) in [6, 6.07) is 11.4. The normalized spacial score (nSPS) is 11.0. The molecule has 0 saturated carbocycles. The molecule has 5 heteroatoms. The first-order chi connectivity index (χ1) is 10.1. The third-order valence-corrected chi connectivity index (χ3v) is 3.75. The van der Waals surface area contributed by atoms with Crippen LogP contribution >= 0.6 is 11.6 Å². The van der Waals surface area contributed by atoms with Crippen molar-refractivity contribution in [1.29, 1.82) is 0 Å². The zero-order valence-corrected chi connectivity index (χ0v) is 12.7. The lowest BCUT2D eigenvalue weighted by Crippen LogP contribution is -1.99. The van der Waals surface area contributed by atoms with Gasteiger partial charge in [0.25, 0.3) is 0 Å². The number of aryl methyl sites for hydroxylation is 1. The average molecular weight is 302 g/mol. The van der Waals surface area contributed by atoms with E-state index in [4.69, 9.17) is 27.1 Å². The molecule has 2 aromatic carbocycles. The van der Waals surface area contributed by atoms with E-state index in [2.05, 4.69) is 11.5 Å². The standard InChI is InChI=1S/C16H16ClN3O/c1-3-20-14-9-11(17)5-6-13(14)19-16(20)10-4-7-15(21-2)12(18)8-10/h4-9H,3,18H2,1-2H3. The third-order valence-electron chi connectivity index (χ3n) is 3.51. The van der Waals surface area contributed by atoms with E-state index >= 15 is 0 Å². The Morgan fingerprint density at radius 1 is 1.24 bits per heavy atom. The molecule has 3 aromatic rings. The van der Waals surface area contributed by atoms with Gasteiger partial charge in [-0.05, 0) is 43.3 Å². The molecule has 0 fully saturated rings. The highest BCUT2D eigenvalue weighted by Crippen LogP contribution is 2.31. The van der Waals surface area contributed by atoms with Crippen LogP contribution in [0.4, 0.5) is 5.69 Å². The molecule has 1 heterocycles. The van der Waals surface area contributed by atoms with E-state index in [1.54, 1.807) is 7.11 Å². The van der Waals surface area contributed by atoms with Crippen LogP contribution < -0.4 is 10.5 Å². The van der Waals surface area contributed by atoms with Gasteiger partial charge in [-0.15, -0.1) is 0 Å². The Morgan fingerprint density at radius 2 is 2.05 bits per heavy atom. The molecule has 0 spiro atoms. The molecule has 0 aliphatic heterocycles. The minimum absolute atomic E-state index is 0.600. The zero-order chi connectivity index (χ0) is 15.0. The first kappa shape index (κ1) is 13.8. The van der Waals surface area contributed by atoms with Crippen molar-refractivity contribution in [3.05, 3.63) is 41.4 Å². The van der Waals surface area contributed by atoms with Gasteiger partial charge in [-0.2, -0.15) is 0 Å². The lowest BCUT2D eigenvalue weighted by molar-refractivity contribution is 0.417. The van der Waals surface area contributed by atoms with E-state index in [0.29, 0.717) is 16.5 Å². The summed E-state index contributed by atoms with van der Waals surface area (Å²) in [5.41, 5.74) is 9.50. The molecule has 0 amide bonds. The first-order valence-corrected chi connectivity index (χ1v) is 7.11. The van der Waals surface area contributed by atoms with Crippen LogP contribution in [0.3, 0.4) is 0 Å². The molecule has 0 bridgehead atoms. The molecule has 3 rings (SSSR count). The Morgan fingerprint density at radius 3 is 2.71 bits per heavy atom. The van der Waals surface area contributed by atoms with E-state index in [0.717, 1.165) is 29.0 Å². The molecule has 0 radical (unpaired) electrons. The number of methoxy groups -OCH3 is 1. The van der Waals surface area contributed by atoms with Gasteiger partial charge in [0.2, 0.25) is 0 Å². The summed E-state index contributed by atoms with van der Waals surface area (Å²) in [6.45, 7) is 2.89. The lowest BCUT2D eigenvalue weighted by Gasteiger charge is -2.09. The van der Waals surface area contributed by atoms with Crippen molar-refractivity contribution in [2.45, 2.75) is 13.5 Å². The SMILES string of the molecule is CCn1c(-c2ccc(OC)c(N)c2)nc2ccc(Cl)cc21. The Kier molecular flexibility index (Phi) is 3.47. The molecule has 0 atom stereocenters. The van der Waals surface area contributed by atoms with Crippen LogP contribution in [0, 0.1) is 0 Å². The van der Waals surface area contributed by atoms with Crippen molar-refractivity contribution >= 4 is 28.3 Å². The summed E-state index contributed by atoms with van der Waals surface area (Å²) in [5.74, 6) is 1.55. The number of ether oxygens (including phenoxy) is 1. The molecule has 4 nitrogen and oxygen atoms in total. The third kappa shape index (κ3) is 2.32. The molecule has 0 aliphatic carbocycles. The number of anilines is 1. The lowest BCUT2D eigenvalue weighted by atomic mass is 10.1. The molecule has 2 N–H and O–H groups in total. The highest BCUT2D eigenvalue weighted by atomic mass is 35.5. The van der Waals surface area contributed by atoms with E-state index in [9.17, 15) is 0 Å². The van der Waals surface area contributed by atoms with Gasteiger partial charge in [0.15, 0.2) is 0 Å². The average Bonchev–Trinajstić information content (AvgIpc) is 2.84. The number of aromatic nitrogens is 2. The largest absolute Gasteiger partial charge is 0.495 e. The van der Waals surface area contributed by atoms with Gasteiger partial charge >= 0.3 is 0 Å². The van der Waals surface area contributed by atoms with Gasteiger partial charge in [-0.3, -0.25) is 0 Å². The van der Waals surface area contributed by atoms with Crippen molar-refractivity contribution in [3.63, 3.8) is 0 Å². The Hall–Kier alpha value is -2.20. The van der Waals surface area contributed by atoms with E-state index in [-0.39, 0.29) is 0 Å². The Balaban J connectivity index is 2.22. The minimum atomic E-state index is 0.600. The predicted molar refractivity (Wildman–Crippen MR) is 86.8 cm³/mol. The highest BCUT2D eigenvalue weighted by Gasteiger charge is 2.13. The van der Waals surface area contributed by atoms with Gasteiger partial charge in [-0.1, -0.05) is 11.6 Å². The van der Waals surface area contributed by atoms with Gasteiger partial charge in [0.05, 0.1) is 23.8 Å². The van der Waals surface area contributed by atoms with Crippen LogP contribution in [-0.4, -0.2) is 16.7 Å². The Labute approximate surface area is 128 Å². The maximum atomic E-state index is 6.09. The second-order valence-electron chi connectivity index (χ2n) is 4.77. The molecule has 0 saturated heterocycles. The number of benzene rings is 2. The topological polar surface area (TPSA) is 53.1 Å². The van der Waals surface area contributed by atoms with Crippen molar-refractivity contribution < 1.29 is 4.74 Å². The van der Waals surface area contributed by atoms with Crippen molar-refractivity contribution in [2.24, 2.45) is 0 Å². The van der Waals surface area contributed by atoms with E-state index in [1.807, 2.05) is 36.4 Å². The van der Waals surface area contributed by atoms with E-state index in [1.165, 1.54) is 0 Å². The molecule has 21 heavy (non-hydrogen) atoms. The fourth-order valence-corrected chi connectivity index (χ4v) is 2.68. The van der Waals surface area contributed by atoms with Crippen molar-refractivity contribution in [2.75, 3.05) is 12.8 Å². The zero-order valence-electron chi connectivity index (χ0n) is 11.9. The summed E-state index contributed by atoms with van der Waals surface area (Å²) in [5, 5.41) is 0.706. The van der Waals surface area contributed by atoms with Crippen LogP contribution in [0.2, 0.25) is 5.02 Å². The van der Waals surface area contributed by atoms with Gasteiger partial charge < -0.3 is 15.0 Å². The minimum Gasteiger partial charge on any atom is -0.495 e.